The summed E-state index contributed by atoms with van der Waals surface area (Å²) >= 11 is 0. The minimum Gasteiger partial charge on any atom is -0.454 e. The van der Waals surface area contributed by atoms with Gasteiger partial charge in [-0.25, -0.2) is 4.79 Å². The molecule has 0 aliphatic rings. The van der Waals surface area contributed by atoms with Crippen LogP contribution in [-0.4, -0.2) is 11.0 Å². The molecule has 0 bridgehead atoms. The van der Waals surface area contributed by atoms with Gasteiger partial charge in [-0.3, -0.25) is 4.79 Å². The minimum absolute atomic E-state index is 0.280. The second-order valence-electron chi connectivity index (χ2n) is 5.05. The third kappa shape index (κ3) is 2.76. The summed E-state index contributed by atoms with van der Waals surface area (Å²) in [6.07, 6.45) is -0.383. The zero-order chi connectivity index (χ0) is 15.5. The first-order valence-corrected chi connectivity index (χ1v) is 7.03. The maximum absolute atomic E-state index is 12.4. The Labute approximate surface area is 127 Å². The Morgan fingerprint density at radius 2 is 1.73 bits per heavy atom. The molecular weight excluding hydrogens is 278 g/mol. The summed E-state index contributed by atoms with van der Waals surface area (Å²) in [7, 11) is 0. The van der Waals surface area contributed by atoms with Gasteiger partial charge in [0.2, 0.25) is 5.56 Å². The van der Waals surface area contributed by atoms with E-state index in [1.807, 2.05) is 43.3 Å². The van der Waals surface area contributed by atoms with Crippen LogP contribution in [0, 0.1) is 0 Å². The van der Waals surface area contributed by atoms with Gasteiger partial charge in [0.15, 0.2) is 0 Å². The van der Waals surface area contributed by atoms with E-state index in [0.29, 0.717) is 10.9 Å². The summed E-state index contributed by atoms with van der Waals surface area (Å²) < 4.78 is 5.49. The molecule has 0 amide bonds. The molecule has 4 nitrogen and oxygen atoms in total. The van der Waals surface area contributed by atoms with Crippen LogP contribution in [-0.2, 0) is 4.74 Å². The van der Waals surface area contributed by atoms with Gasteiger partial charge in [0, 0.05) is 17.0 Å². The van der Waals surface area contributed by atoms with Crippen LogP contribution in [0.25, 0.3) is 10.9 Å². The predicted octanol–water partition coefficient (Wildman–Crippen LogP) is 3.45. The van der Waals surface area contributed by atoms with Crippen molar-refractivity contribution in [1.29, 1.82) is 0 Å². The highest BCUT2D eigenvalue weighted by Crippen LogP contribution is 2.21. The number of benzene rings is 2. The number of ether oxygens (including phenoxy) is 1. The summed E-state index contributed by atoms with van der Waals surface area (Å²) in [5, 5.41) is 0.673. The van der Waals surface area contributed by atoms with Crippen molar-refractivity contribution in [2.24, 2.45) is 0 Å². The van der Waals surface area contributed by atoms with Gasteiger partial charge in [-0.05, 0) is 18.6 Å². The van der Waals surface area contributed by atoms with Crippen LogP contribution >= 0.6 is 0 Å². The number of fused-ring (bicyclic) bond motifs is 1. The number of aromatic amines is 1. The van der Waals surface area contributed by atoms with Crippen molar-refractivity contribution < 1.29 is 9.53 Å². The van der Waals surface area contributed by atoms with E-state index in [1.165, 1.54) is 6.07 Å². The molecule has 1 aromatic heterocycles. The topological polar surface area (TPSA) is 59.2 Å². The van der Waals surface area contributed by atoms with Gasteiger partial charge in [0.05, 0.1) is 5.56 Å². The van der Waals surface area contributed by atoms with Gasteiger partial charge in [0.1, 0.15) is 6.10 Å². The summed E-state index contributed by atoms with van der Waals surface area (Å²) in [5.74, 6) is -0.501. The predicted molar refractivity (Wildman–Crippen MR) is 84.8 cm³/mol. The van der Waals surface area contributed by atoms with Crippen LogP contribution in [0.2, 0.25) is 0 Å². The molecule has 0 aliphatic heterocycles. The first-order chi connectivity index (χ1) is 10.6. The maximum atomic E-state index is 12.4. The molecular formula is C18H15NO3. The third-order valence-electron chi connectivity index (χ3n) is 3.52. The van der Waals surface area contributed by atoms with E-state index >= 15 is 0 Å². The van der Waals surface area contributed by atoms with Gasteiger partial charge >= 0.3 is 5.97 Å². The lowest BCUT2D eigenvalue weighted by molar-refractivity contribution is 0.0340. The minimum atomic E-state index is -0.501. The lowest BCUT2D eigenvalue weighted by atomic mass is 10.1. The number of H-pyrrole nitrogens is 1. The van der Waals surface area contributed by atoms with E-state index < -0.39 is 5.97 Å². The molecule has 1 N–H and O–H groups in total. The Morgan fingerprint density at radius 3 is 2.50 bits per heavy atom. The fourth-order valence-corrected chi connectivity index (χ4v) is 2.39. The maximum Gasteiger partial charge on any atom is 0.339 e. The van der Waals surface area contributed by atoms with Crippen LogP contribution in [0.4, 0.5) is 0 Å². The molecule has 1 heterocycles. The van der Waals surface area contributed by atoms with Crippen molar-refractivity contribution in [2.75, 3.05) is 0 Å². The second-order valence-corrected chi connectivity index (χ2v) is 5.05. The number of carbonyl (C=O) groups excluding carboxylic acids is 1. The van der Waals surface area contributed by atoms with Crippen molar-refractivity contribution in [3.63, 3.8) is 0 Å². The van der Waals surface area contributed by atoms with Crippen molar-refractivity contribution in [3.8, 4) is 0 Å². The van der Waals surface area contributed by atoms with Gasteiger partial charge in [-0.15, -0.1) is 0 Å². The van der Waals surface area contributed by atoms with Crippen molar-refractivity contribution in [2.45, 2.75) is 13.0 Å². The van der Waals surface area contributed by atoms with Crippen molar-refractivity contribution in [1.82, 2.24) is 4.98 Å². The lowest BCUT2D eigenvalue weighted by Crippen LogP contribution is -2.14. The van der Waals surface area contributed by atoms with Crippen molar-refractivity contribution in [3.05, 3.63) is 82.1 Å². The molecule has 0 radical (unpaired) electrons. The van der Waals surface area contributed by atoms with Gasteiger partial charge < -0.3 is 9.72 Å². The zero-order valence-electron chi connectivity index (χ0n) is 12.1. The normalized spacial score (nSPS) is 12.0. The Bertz CT molecular complexity index is 868. The molecule has 3 aromatic rings. The molecule has 4 heteroatoms. The lowest BCUT2D eigenvalue weighted by Gasteiger charge is -2.14. The summed E-state index contributed by atoms with van der Waals surface area (Å²) in [5.41, 5.74) is 1.49. The number of hydrogen-bond donors (Lipinski definition) is 1. The number of aromatic nitrogens is 1. The largest absolute Gasteiger partial charge is 0.454 e. The number of hydrogen-bond acceptors (Lipinski definition) is 3. The SMILES string of the molecule is C[C@H](OC(=O)c1cc(=O)[nH]c2ccccc12)c1ccccc1. The highest BCUT2D eigenvalue weighted by Gasteiger charge is 2.16. The van der Waals surface area contributed by atoms with E-state index in [1.54, 1.807) is 18.2 Å². The van der Waals surface area contributed by atoms with Crippen LogP contribution in [0.1, 0.15) is 28.9 Å². The standard InChI is InChI=1S/C18H15NO3/c1-12(13-7-3-2-4-8-13)22-18(21)15-11-17(20)19-16-10-6-5-9-14(15)16/h2-12H,1H3,(H,19,20)/t12-/m0/s1. The van der Waals surface area contributed by atoms with E-state index in [0.717, 1.165) is 5.56 Å². The smallest absolute Gasteiger partial charge is 0.339 e. The quantitative estimate of drug-likeness (QED) is 0.752. The molecule has 0 fully saturated rings. The number of pyridine rings is 1. The Kier molecular flexibility index (Phi) is 3.74. The molecule has 0 unspecified atom stereocenters. The summed E-state index contributed by atoms with van der Waals surface area (Å²) in [4.78, 5) is 26.8. The first kappa shape index (κ1) is 14.1. The molecule has 1 atom stereocenters. The Hall–Kier alpha value is -2.88. The van der Waals surface area contributed by atoms with E-state index in [9.17, 15) is 9.59 Å². The van der Waals surface area contributed by atoms with Gasteiger partial charge in [0.25, 0.3) is 0 Å². The van der Waals surface area contributed by atoms with Crippen LogP contribution in [0.3, 0.4) is 0 Å². The molecule has 0 spiro atoms. The summed E-state index contributed by atoms with van der Waals surface area (Å²) in [6.45, 7) is 1.81. The highest BCUT2D eigenvalue weighted by atomic mass is 16.5. The molecule has 3 rings (SSSR count). The molecule has 2 aromatic carbocycles. The Balaban J connectivity index is 1.94. The fourth-order valence-electron chi connectivity index (χ4n) is 2.39. The summed E-state index contributed by atoms with van der Waals surface area (Å²) in [6, 6.07) is 17.9. The molecule has 0 saturated heterocycles. The number of para-hydroxylation sites is 1. The molecule has 110 valence electrons. The number of nitrogens with one attached hydrogen (secondary N) is 1. The molecule has 22 heavy (non-hydrogen) atoms. The highest BCUT2D eigenvalue weighted by molar-refractivity contribution is 6.03. The Morgan fingerprint density at radius 1 is 1.05 bits per heavy atom. The molecule has 0 saturated carbocycles. The third-order valence-corrected chi connectivity index (χ3v) is 3.52. The number of esters is 1. The monoisotopic (exact) mass is 293 g/mol. The van der Waals surface area contributed by atoms with Crippen LogP contribution in [0.5, 0.6) is 0 Å². The fraction of sp³-hybridized carbons (Fsp3) is 0.111. The second kappa shape index (κ2) is 5.85. The molecule has 0 aliphatic carbocycles. The van der Waals surface area contributed by atoms with Crippen LogP contribution in [0.15, 0.2) is 65.5 Å². The van der Waals surface area contributed by atoms with E-state index in [4.69, 9.17) is 4.74 Å². The van der Waals surface area contributed by atoms with E-state index in [2.05, 4.69) is 4.98 Å². The zero-order valence-corrected chi connectivity index (χ0v) is 12.1. The van der Waals surface area contributed by atoms with Crippen LogP contribution < -0.4 is 5.56 Å². The van der Waals surface area contributed by atoms with E-state index in [-0.39, 0.29) is 17.2 Å². The van der Waals surface area contributed by atoms with Gasteiger partial charge in [-0.1, -0.05) is 48.5 Å². The number of rotatable bonds is 3. The first-order valence-electron chi connectivity index (χ1n) is 7.03. The number of carbonyl (C=O) groups is 1. The van der Waals surface area contributed by atoms with Gasteiger partial charge in [-0.2, -0.15) is 0 Å². The van der Waals surface area contributed by atoms with Crippen molar-refractivity contribution >= 4 is 16.9 Å². The average molecular weight is 293 g/mol. The average Bonchev–Trinajstić information content (AvgIpc) is 2.54.